The molecule has 0 heterocycles. The fourth-order valence-corrected chi connectivity index (χ4v) is 4.06. The van der Waals surface area contributed by atoms with Gasteiger partial charge in [-0.3, -0.25) is 4.31 Å². The summed E-state index contributed by atoms with van der Waals surface area (Å²) in [6.45, 7) is 0.422. The van der Waals surface area contributed by atoms with Crippen molar-refractivity contribution in [1.29, 1.82) is 0 Å². The van der Waals surface area contributed by atoms with Gasteiger partial charge < -0.3 is 14.7 Å². The minimum Gasteiger partial charge on any atom is -0.497 e. The van der Waals surface area contributed by atoms with Gasteiger partial charge in [-0.25, -0.2) is 8.42 Å². The van der Waals surface area contributed by atoms with Crippen LogP contribution >= 0.6 is 0 Å². The van der Waals surface area contributed by atoms with E-state index in [9.17, 15) is 13.5 Å². The van der Waals surface area contributed by atoms with Crippen LogP contribution in [0, 0.1) is 0 Å². The number of aliphatic hydroxyl groups excluding tert-OH is 1. The summed E-state index contributed by atoms with van der Waals surface area (Å²) in [6, 6.07) is 15.0. The van der Waals surface area contributed by atoms with Crippen LogP contribution in [0.5, 0.6) is 5.75 Å². The lowest BCUT2D eigenvalue weighted by Gasteiger charge is -2.27. The van der Waals surface area contributed by atoms with Gasteiger partial charge in [0.1, 0.15) is 18.4 Å². The van der Waals surface area contributed by atoms with Gasteiger partial charge in [-0.05, 0) is 36.4 Å². The average molecular weight is 365 g/mol. The molecule has 2 aromatic carbocycles. The van der Waals surface area contributed by atoms with Crippen LogP contribution < -0.4 is 13.9 Å². The third-order valence-electron chi connectivity index (χ3n) is 3.71. The van der Waals surface area contributed by atoms with Crippen molar-refractivity contribution >= 4 is 15.7 Å². The van der Waals surface area contributed by atoms with Crippen LogP contribution in [0.2, 0.25) is 0 Å². The number of nitrogens with zero attached hydrogens (tertiary/aromatic N) is 1. The second kappa shape index (κ2) is 8.33. The van der Waals surface area contributed by atoms with Gasteiger partial charge in [0.05, 0.1) is 38.3 Å². The number of quaternary nitrogens is 1. The SMILES string of the molecule is COc1ccc(N(C[C@H](O)C[NH+](C)C)S(=O)(=O)c2ccccc2)cc1. The number of aliphatic hydroxyl groups is 1. The molecule has 0 aliphatic heterocycles. The maximum absolute atomic E-state index is 13.1. The number of hydrogen-bond donors (Lipinski definition) is 2. The highest BCUT2D eigenvalue weighted by atomic mass is 32.2. The third kappa shape index (κ3) is 4.94. The van der Waals surface area contributed by atoms with Gasteiger partial charge in [0, 0.05) is 0 Å². The van der Waals surface area contributed by atoms with Crippen molar-refractivity contribution in [1.82, 2.24) is 0 Å². The fraction of sp³-hybridized carbons (Fsp3) is 0.333. The van der Waals surface area contributed by atoms with Gasteiger partial charge >= 0.3 is 0 Å². The predicted molar refractivity (Wildman–Crippen MR) is 97.7 cm³/mol. The molecule has 136 valence electrons. The first-order chi connectivity index (χ1) is 11.8. The first-order valence-corrected chi connectivity index (χ1v) is 9.47. The molecule has 0 aliphatic carbocycles. The second-order valence-corrected chi connectivity index (χ2v) is 7.97. The number of anilines is 1. The molecule has 0 amide bonds. The summed E-state index contributed by atoms with van der Waals surface area (Å²) < 4.78 is 32.5. The van der Waals surface area contributed by atoms with Crippen molar-refractivity contribution in [2.75, 3.05) is 38.6 Å². The molecular weight excluding hydrogens is 340 g/mol. The number of sulfonamides is 1. The van der Waals surface area contributed by atoms with E-state index in [0.717, 1.165) is 4.90 Å². The summed E-state index contributed by atoms with van der Waals surface area (Å²) in [5, 5.41) is 10.3. The number of likely N-dealkylation sites (N-methyl/N-ethyl adjacent to an activating group) is 1. The van der Waals surface area contributed by atoms with Gasteiger partial charge in [-0.2, -0.15) is 0 Å². The number of ether oxygens (including phenoxy) is 1. The van der Waals surface area contributed by atoms with E-state index in [4.69, 9.17) is 4.74 Å². The van der Waals surface area contributed by atoms with Crippen LogP contribution in [0.1, 0.15) is 0 Å². The lowest BCUT2D eigenvalue weighted by atomic mass is 10.2. The maximum atomic E-state index is 13.1. The number of nitrogens with one attached hydrogen (secondary N) is 1. The summed E-state index contributed by atoms with van der Waals surface area (Å²) in [5.74, 6) is 0.638. The summed E-state index contributed by atoms with van der Waals surface area (Å²) in [4.78, 5) is 1.23. The molecule has 2 N–H and O–H groups in total. The molecule has 0 bridgehead atoms. The van der Waals surface area contributed by atoms with Gasteiger partial charge in [0.2, 0.25) is 0 Å². The van der Waals surface area contributed by atoms with Gasteiger partial charge in [-0.15, -0.1) is 0 Å². The molecule has 0 aromatic heterocycles. The quantitative estimate of drug-likeness (QED) is 0.710. The Balaban J connectivity index is 2.40. The van der Waals surface area contributed by atoms with Gasteiger partial charge in [-0.1, -0.05) is 18.2 Å². The molecule has 7 heteroatoms. The van der Waals surface area contributed by atoms with Crippen LogP contribution in [-0.2, 0) is 10.0 Å². The Kier molecular flexibility index (Phi) is 6.41. The standard InChI is InChI=1S/C18H24N2O4S/c1-19(2)13-16(21)14-20(15-9-11-17(24-3)12-10-15)25(22,23)18-7-5-4-6-8-18/h4-12,16,21H,13-14H2,1-3H3/p+1/t16-/m1/s1. The van der Waals surface area contributed by atoms with E-state index >= 15 is 0 Å². The minimum absolute atomic E-state index is 0.0191. The van der Waals surface area contributed by atoms with E-state index in [1.54, 1.807) is 61.7 Å². The summed E-state index contributed by atoms with van der Waals surface area (Å²) in [6.07, 6.45) is -0.786. The van der Waals surface area contributed by atoms with Crippen molar-refractivity contribution in [3.8, 4) is 5.75 Å². The van der Waals surface area contributed by atoms with E-state index in [2.05, 4.69) is 0 Å². The van der Waals surface area contributed by atoms with Crippen LogP contribution in [0.15, 0.2) is 59.5 Å². The van der Waals surface area contributed by atoms with Crippen LogP contribution in [-0.4, -0.2) is 53.9 Å². The van der Waals surface area contributed by atoms with Gasteiger partial charge in [0.25, 0.3) is 10.0 Å². The number of benzene rings is 2. The predicted octanol–water partition coefficient (Wildman–Crippen LogP) is 0.396. The first kappa shape index (κ1) is 19.2. The highest BCUT2D eigenvalue weighted by Crippen LogP contribution is 2.25. The molecule has 6 nitrogen and oxygen atoms in total. The number of hydrogen-bond acceptors (Lipinski definition) is 4. The molecule has 0 fully saturated rings. The van der Waals surface area contributed by atoms with E-state index in [1.807, 2.05) is 14.1 Å². The molecule has 0 spiro atoms. The smallest absolute Gasteiger partial charge is 0.264 e. The molecule has 0 saturated carbocycles. The maximum Gasteiger partial charge on any atom is 0.264 e. The highest BCUT2D eigenvalue weighted by Gasteiger charge is 2.27. The van der Waals surface area contributed by atoms with Crippen molar-refractivity contribution in [3.05, 3.63) is 54.6 Å². The molecule has 2 rings (SSSR count). The second-order valence-electron chi connectivity index (χ2n) is 6.11. The first-order valence-electron chi connectivity index (χ1n) is 8.03. The number of methoxy groups -OCH3 is 1. The van der Waals surface area contributed by atoms with Crippen LogP contribution in [0.25, 0.3) is 0 Å². The monoisotopic (exact) mass is 365 g/mol. The molecule has 0 aliphatic rings. The van der Waals surface area contributed by atoms with Crippen molar-refractivity contribution in [3.63, 3.8) is 0 Å². The Hall–Kier alpha value is -2.09. The Morgan fingerprint density at radius 2 is 1.68 bits per heavy atom. The Morgan fingerprint density at radius 3 is 2.20 bits per heavy atom. The lowest BCUT2D eigenvalue weighted by molar-refractivity contribution is -0.861. The lowest BCUT2D eigenvalue weighted by Crippen LogP contribution is -3.07. The topological polar surface area (TPSA) is 71.3 Å². The van der Waals surface area contributed by atoms with E-state index < -0.39 is 16.1 Å². The van der Waals surface area contributed by atoms with E-state index in [0.29, 0.717) is 18.0 Å². The van der Waals surface area contributed by atoms with E-state index in [-0.39, 0.29) is 11.4 Å². The molecule has 2 aromatic rings. The van der Waals surface area contributed by atoms with Gasteiger partial charge in [0.15, 0.2) is 0 Å². The Morgan fingerprint density at radius 1 is 1.08 bits per heavy atom. The van der Waals surface area contributed by atoms with Crippen molar-refractivity contribution in [2.45, 2.75) is 11.0 Å². The molecule has 25 heavy (non-hydrogen) atoms. The fourth-order valence-electron chi connectivity index (χ4n) is 2.54. The molecule has 0 saturated heterocycles. The van der Waals surface area contributed by atoms with Crippen LogP contribution in [0.4, 0.5) is 5.69 Å². The Bertz CT molecular complexity index is 761. The summed E-state index contributed by atoms with van der Waals surface area (Å²) in [7, 11) is 1.59. The summed E-state index contributed by atoms with van der Waals surface area (Å²) in [5.41, 5.74) is 0.484. The van der Waals surface area contributed by atoms with E-state index in [1.165, 1.54) is 4.31 Å². The molecule has 0 unspecified atom stereocenters. The third-order valence-corrected chi connectivity index (χ3v) is 5.52. The largest absolute Gasteiger partial charge is 0.497 e. The van der Waals surface area contributed by atoms with Crippen LogP contribution in [0.3, 0.4) is 0 Å². The average Bonchev–Trinajstić information content (AvgIpc) is 2.60. The molecule has 1 atom stereocenters. The zero-order valence-corrected chi connectivity index (χ0v) is 15.5. The highest BCUT2D eigenvalue weighted by molar-refractivity contribution is 7.92. The normalized spacial score (nSPS) is 12.8. The summed E-state index contributed by atoms with van der Waals surface area (Å²) >= 11 is 0. The molecular formula is C18H25N2O4S+. The Labute approximate surface area is 149 Å². The zero-order chi connectivity index (χ0) is 18.4. The number of rotatable bonds is 8. The zero-order valence-electron chi connectivity index (χ0n) is 14.7. The minimum atomic E-state index is -3.78. The molecule has 0 radical (unpaired) electrons. The van der Waals surface area contributed by atoms with Crippen molar-refractivity contribution in [2.24, 2.45) is 0 Å². The van der Waals surface area contributed by atoms with Crippen molar-refractivity contribution < 1.29 is 23.2 Å².